The van der Waals surface area contributed by atoms with Crippen molar-refractivity contribution in [3.63, 3.8) is 0 Å². The van der Waals surface area contributed by atoms with Gasteiger partial charge in [-0.15, -0.1) is 0 Å². The van der Waals surface area contributed by atoms with Gasteiger partial charge in [0.15, 0.2) is 0 Å². The molecule has 0 saturated heterocycles. The van der Waals surface area contributed by atoms with Crippen LogP contribution in [0.1, 0.15) is 32.6 Å². The zero-order chi connectivity index (χ0) is 16.7. The van der Waals surface area contributed by atoms with Crippen LogP contribution in [0.15, 0.2) is 65.1 Å². The monoisotopic (exact) mass is 382 g/mol. The van der Waals surface area contributed by atoms with E-state index in [0.29, 0.717) is 21.2 Å². The SMILES string of the molecule is O=C1O[C@H](OC(=O)c2ccc3ccccc3c2Br)c2ccccc21. The third-order valence-electron chi connectivity index (χ3n) is 3.95. The molecule has 5 heteroatoms. The Bertz CT molecular complexity index is 980. The molecule has 3 aromatic carbocycles. The smallest absolute Gasteiger partial charge is 0.342 e. The number of ether oxygens (including phenoxy) is 2. The Morgan fingerprint density at radius 1 is 1.00 bits per heavy atom. The first-order valence-electron chi connectivity index (χ1n) is 7.33. The number of benzene rings is 3. The van der Waals surface area contributed by atoms with Gasteiger partial charge in [-0.05, 0) is 38.8 Å². The van der Waals surface area contributed by atoms with Gasteiger partial charge in [0.1, 0.15) is 0 Å². The average molecular weight is 383 g/mol. The molecule has 118 valence electrons. The zero-order valence-electron chi connectivity index (χ0n) is 12.4. The van der Waals surface area contributed by atoms with Gasteiger partial charge in [-0.1, -0.05) is 48.5 Å². The van der Waals surface area contributed by atoms with Crippen LogP contribution >= 0.6 is 15.9 Å². The minimum Gasteiger partial charge on any atom is -0.417 e. The second-order valence-electron chi connectivity index (χ2n) is 5.38. The van der Waals surface area contributed by atoms with Gasteiger partial charge in [0.2, 0.25) is 0 Å². The topological polar surface area (TPSA) is 52.6 Å². The van der Waals surface area contributed by atoms with Gasteiger partial charge >= 0.3 is 11.9 Å². The number of cyclic esters (lactones) is 1. The highest BCUT2D eigenvalue weighted by Crippen LogP contribution is 2.34. The lowest BCUT2D eigenvalue weighted by Gasteiger charge is -2.13. The lowest BCUT2D eigenvalue weighted by Crippen LogP contribution is -2.12. The van der Waals surface area contributed by atoms with Crippen molar-refractivity contribution in [2.45, 2.75) is 6.29 Å². The molecule has 0 unspecified atom stereocenters. The first-order chi connectivity index (χ1) is 11.6. The standard InChI is InChI=1S/C19H11BrO4/c20-16-12-6-2-1-5-11(12)9-10-15(16)18(22)24-19-14-8-4-3-7-13(14)17(21)23-19/h1-10,19H/t19-/m1/s1. The fourth-order valence-electron chi connectivity index (χ4n) is 2.75. The maximum absolute atomic E-state index is 12.5. The molecule has 0 fully saturated rings. The Labute approximate surface area is 146 Å². The van der Waals surface area contributed by atoms with Gasteiger partial charge in [0.25, 0.3) is 6.29 Å². The second-order valence-corrected chi connectivity index (χ2v) is 6.17. The highest BCUT2D eigenvalue weighted by Gasteiger charge is 2.34. The predicted octanol–water partition coefficient (Wildman–Crippen LogP) is 4.63. The molecule has 3 aromatic rings. The molecule has 0 spiro atoms. The minimum atomic E-state index is -1.01. The quantitative estimate of drug-likeness (QED) is 0.606. The molecular weight excluding hydrogens is 372 g/mol. The van der Waals surface area contributed by atoms with E-state index in [4.69, 9.17) is 9.47 Å². The maximum Gasteiger partial charge on any atom is 0.342 e. The number of hydrogen-bond donors (Lipinski definition) is 0. The molecule has 0 bridgehead atoms. The van der Waals surface area contributed by atoms with Crippen molar-refractivity contribution in [2.24, 2.45) is 0 Å². The molecule has 4 nitrogen and oxygen atoms in total. The molecule has 0 saturated carbocycles. The summed E-state index contributed by atoms with van der Waals surface area (Å²) in [5.74, 6) is -1.04. The van der Waals surface area contributed by atoms with Crippen molar-refractivity contribution in [3.8, 4) is 0 Å². The van der Waals surface area contributed by atoms with Gasteiger partial charge in [-0.25, -0.2) is 9.59 Å². The number of esters is 2. The number of carbonyl (C=O) groups is 2. The fourth-order valence-corrected chi connectivity index (χ4v) is 3.41. The summed E-state index contributed by atoms with van der Waals surface area (Å²) in [5, 5.41) is 1.93. The third-order valence-corrected chi connectivity index (χ3v) is 4.80. The van der Waals surface area contributed by atoms with Crippen LogP contribution in [0, 0.1) is 0 Å². The van der Waals surface area contributed by atoms with Crippen LogP contribution < -0.4 is 0 Å². The molecule has 0 N–H and O–H groups in total. The highest BCUT2D eigenvalue weighted by molar-refractivity contribution is 9.10. The molecule has 24 heavy (non-hydrogen) atoms. The van der Waals surface area contributed by atoms with E-state index in [1.54, 1.807) is 30.3 Å². The molecule has 1 aliphatic heterocycles. The molecule has 4 rings (SSSR count). The van der Waals surface area contributed by atoms with E-state index < -0.39 is 18.2 Å². The van der Waals surface area contributed by atoms with E-state index in [0.717, 1.165) is 10.8 Å². The Balaban J connectivity index is 1.66. The Hall–Kier alpha value is -2.66. The van der Waals surface area contributed by atoms with Crippen molar-refractivity contribution in [1.29, 1.82) is 0 Å². The Morgan fingerprint density at radius 3 is 2.62 bits per heavy atom. The Morgan fingerprint density at radius 2 is 1.75 bits per heavy atom. The van der Waals surface area contributed by atoms with Crippen LogP contribution in [0.5, 0.6) is 0 Å². The van der Waals surface area contributed by atoms with Crippen LogP contribution in [0.25, 0.3) is 10.8 Å². The van der Waals surface area contributed by atoms with Crippen molar-refractivity contribution >= 4 is 38.6 Å². The van der Waals surface area contributed by atoms with Crippen molar-refractivity contribution in [3.05, 3.63) is 81.8 Å². The molecule has 0 aromatic heterocycles. The average Bonchev–Trinajstić information content (AvgIpc) is 2.92. The van der Waals surface area contributed by atoms with E-state index in [9.17, 15) is 9.59 Å². The first kappa shape index (κ1) is 14.9. The van der Waals surface area contributed by atoms with E-state index in [1.165, 1.54) is 0 Å². The van der Waals surface area contributed by atoms with Gasteiger partial charge in [0.05, 0.1) is 11.1 Å². The van der Waals surface area contributed by atoms with E-state index >= 15 is 0 Å². The van der Waals surface area contributed by atoms with Crippen LogP contribution in [0.2, 0.25) is 0 Å². The van der Waals surface area contributed by atoms with Crippen molar-refractivity contribution in [1.82, 2.24) is 0 Å². The molecular formula is C19H11BrO4. The number of hydrogen-bond acceptors (Lipinski definition) is 4. The minimum absolute atomic E-state index is 0.383. The molecule has 0 amide bonds. The predicted molar refractivity (Wildman–Crippen MR) is 91.7 cm³/mol. The molecule has 1 atom stereocenters. The molecule has 1 heterocycles. The van der Waals surface area contributed by atoms with Crippen molar-refractivity contribution < 1.29 is 19.1 Å². The molecule has 0 radical (unpaired) electrons. The van der Waals surface area contributed by atoms with Crippen molar-refractivity contribution in [2.75, 3.05) is 0 Å². The van der Waals surface area contributed by atoms with Gasteiger partial charge in [-0.3, -0.25) is 0 Å². The second kappa shape index (κ2) is 5.76. The fraction of sp³-hybridized carbons (Fsp3) is 0.0526. The largest absolute Gasteiger partial charge is 0.417 e. The van der Waals surface area contributed by atoms with Gasteiger partial charge < -0.3 is 9.47 Å². The van der Waals surface area contributed by atoms with Crippen LogP contribution in [-0.2, 0) is 9.47 Å². The van der Waals surface area contributed by atoms with Crippen LogP contribution in [-0.4, -0.2) is 11.9 Å². The summed E-state index contributed by atoms with van der Waals surface area (Å²) in [4.78, 5) is 24.4. The zero-order valence-corrected chi connectivity index (χ0v) is 13.9. The number of halogens is 1. The van der Waals surface area contributed by atoms with Crippen LogP contribution in [0.4, 0.5) is 0 Å². The number of fused-ring (bicyclic) bond motifs is 2. The highest BCUT2D eigenvalue weighted by atomic mass is 79.9. The molecule has 1 aliphatic rings. The normalized spacial score (nSPS) is 15.9. The lowest BCUT2D eigenvalue weighted by atomic mass is 10.1. The van der Waals surface area contributed by atoms with E-state index in [2.05, 4.69) is 15.9 Å². The lowest BCUT2D eigenvalue weighted by molar-refractivity contribution is -0.0724. The summed E-state index contributed by atoms with van der Waals surface area (Å²) in [6.07, 6.45) is -1.01. The van der Waals surface area contributed by atoms with E-state index in [1.807, 2.05) is 30.3 Å². The van der Waals surface area contributed by atoms with Crippen LogP contribution in [0.3, 0.4) is 0 Å². The summed E-state index contributed by atoms with van der Waals surface area (Å²) in [6.45, 7) is 0. The maximum atomic E-state index is 12.5. The molecule has 0 aliphatic carbocycles. The number of carbonyl (C=O) groups excluding carboxylic acids is 2. The van der Waals surface area contributed by atoms with E-state index in [-0.39, 0.29) is 0 Å². The van der Waals surface area contributed by atoms with Gasteiger partial charge in [0, 0.05) is 10.0 Å². The summed E-state index contributed by atoms with van der Waals surface area (Å²) in [7, 11) is 0. The summed E-state index contributed by atoms with van der Waals surface area (Å²) < 4.78 is 11.2. The number of rotatable bonds is 2. The summed E-state index contributed by atoms with van der Waals surface area (Å²) in [5.41, 5.74) is 1.37. The Kier molecular flexibility index (Phi) is 3.58. The summed E-state index contributed by atoms with van der Waals surface area (Å²) >= 11 is 3.47. The first-order valence-corrected chi connectivity index (χ1v) is 8.12. The summed E-state index contributed by atoms with van der Waals surface area (Å²) in [6, 6.07) is 18.1. The third kappa shape index (κ3) is 2.37. The van der Waals surface area contributed by atoms with Gasteiger partial charge in [-0.2, -0.15) is 0 Å².